The molecule has 0 saturated heterocycles. The van der Waals surface area contributed by atoms with Gasteiger partial charge >= 0.3 is 11.8 Å². The van der Waals surface area contributed by atoms with Crippen molar-refractivity contribution < 1.29 is 14.4 Å². The van der Waals surface area contributed by atoms with Crippen LogP contribution in [0.4, 0.5) is 11.4 Å². The number of hydrogen-bond donors (Lipinski definition) is 2. The lowest BCUT2D eigenvalue weighted by atomic mass is 10.1. The number of ketones is 1. The van der Waals surface area contributed by atoms with Crippen molar-refractivity contribution in [1.82, 2.24) is 0 Å². The van der Waals surface area contributed by atoms with Crippen LogP contribution >= 0.6 is 0 Å². The number of benzene rings is 2. The van der Waals surface area contributed by atoms with Gasteiger partial charge in [-0.3, -0.25) is 14.4 Å². The van der Waals surface area contributed by atoms with Crippen LogP contribution in [0.25, 0.3) is 0 Å². The monoisotopic (exact) mass is 310 g/mol. The van der Waals surface area contributed by atoms with Crippen LogP contribution in [-0.2, 0) is 9.59 Å². The minimum absolute atomic E-state index is 0.110. The molecule has 2 rings (SSSR count). The summed E-state index contributed by atoms with van der Waals surface area (Å²) in [6.45, 7) is 5.25. The van der Waals surface area contributed by atoms with Gasteiger partial charge in [-0.05, 0) is 44.5 Å². The lowest BCUT2D eigenvalue weighted by Crippen LogP contribution is -2.29. The molecular weight excluding hydrogens is 292 g/mol. The number of aryl methyl sites for hydroxylation is 2. The van der Waals surface area contributed by atoms with Crippen molar-refractivity contribution >= 4 is 29.0 Å². The highest BCUT2D eigenvalue weighted by Crippen LogP contribution is 2.16. The molecular formula is C18H18N2O3. The smallest absolute Gasteiger partial charge is 0.314 e. The topological polar surface area (TPSA) is 75.3 Å². The number of rotatable bonds is 3. The molecule has 0 unspecified atom stereocenters. The predicted molar refractivity (Wildman–Crippen MR) is 89.6 cm³/mol. The molecule has 0 aromatic heterocycles. The summed E-state index contributed by atoms with van der Waals surface area (Å²) >= 11 is 0. The standard InChI is InChI=1S/C18H18N2O3/c1-11-7-8-16(12(2)9-11)20-18(23)17(22)19-15-6-4-5-14(10-15)13(3)21/h4-10H,1-3H3,(H,19,22)(H,20,23). The summed E-state index contributed by atoms with van der Waals surface area (Å²) in [6, 6.07) is 12.0. The van der Waals surface area contributed by atoms with Gasteiger partial charge in [0.15, 0.2) is 5.78 Å². The molecule has 5 nitrogen and oxygen atoms in total. The van der Waals surface area contributed by atoms with Crippen molar-refractivity contribution in [3.63, 3.8) is 0 Å². The molecule has 2 N–H and O–H groups in total. The number of carbonyl (C=O) groups excluding carboxylic acids is 3. The third kappa shape index (κ3) is 4.26. The van der Waals surface area contributed by atoms with Crippen molar-refractivity contribution in [2.45, 2.75) is 20.8 Å². The van der Waals surface area contributed by atoms with Crippen LogP contribution in [0.5, 0.6) is 0 Å². The summed E-state index contributed by atoms with van der Waals surface area (Å²) < 4.78 is 0. The summed E-state index contributed by atoms with van der Waals surface area (Å²) in [5.74, 6) is -1.66. The Bertz CT molecular complexity index is 782. The number of Topliss-reactive ketones (excluding diaryl/α,β-unsaturated/α-hetero) is 1. The van der Waals surface area contributed by atoms with Crippen molar-refractivity contribution in [3.05, 3.63) is 59.2 Å². The molecule has 0 aliphatic rings. The Balaban J connectivity index is 2.07. The Morgan fingerprint density at radius 2 is 1.57 bits per heavy atom. The molecule has 23 heavy (non-hydrogen) atoms. The molecule has 2 amide bonds. The van der Waals surface area contributed by atoms with Crippen LogP contribution in [0.3, 0.4) is 0 Å². The third-order valence-electron chi connectivity index (χ3n) is 3.36. The average Bonchev–Trinajstić information content (AvgIpc) is 2.50. The fraction of sp³-hybridized carbons (Fsp3) is 0.167. The number of anilines is 2. The fourth-order valence-corrected chi connectivity index (χ4v) is 2.14. The second-order valence-electron chi connectivity index (χ2n) is 5.36. The van der Waals surface area contributed by atoms with Crippen LogP contribution in [0, 0.1) is 13.8 Å². The summed E-state index contributed by atoms with van der Waals surface area (Å²) in [7, 11) is 0. The quantitative estimate of drug-likeness (QED) is 0.675. The lowest BCUT2D eigenvalue weighted by molar-refractivity contribution is -0.133. The summed E-state index contributed by atoms with van der Waals surface area (Å²) in [5.41, 5.74) is 3.42. The molecule has 0 bridgehead atoms. The normalized spacial score (nSPS) is 10.0. The zero-order chi connectivity index (χ0) is 17.0. The first kappa shape index (κ1) is 16.4. The molecule has 0 saturated carbocycles. The van der Waals surface area contributed by atoms with E-state index in [9.17, 15) is 14.4 Å². The molecule has 2 aromatic carbocycles. The van der Waals surface area contributed by atoms with Crippen molar-refractivity contribution in [3.8, 4) is 0 Å². The van der Waals surface area contributed by atoms with E-state index in [1.54, 1.807) is 24.3 Å². The van der Waals surface area contributed by atoms with E-state index in [4.69, 9.17) is 0 Å². The minimum atomic E-state index is -0.786. The van der Waals surface area contributed by atoms with Gasteiger partial charge in [-0.15, -0.1) is 0 Å². The minimum Gasteiger partial charge on any atom is -0.318 e. The van der Waals surface area contributed by atoms with Gasteiger partial charge in [0.2, 0.25) is 0 Å². The highest BCUT2D eigenvalue weighted by molar-refractivity contribution is 6.43. The summed E-state index contributed by atoms with van der Waals surface area (Å²) in [6.07, 6.45) is 0. The van der Waals surface area contributed by atoms with Gasteiger partial charge in [0.1, 0.15) is 0 Å². The van der Waals surface area contributed by atoms with E-state index in [1.165, 1.54) is 13.0 Å². The number of nitrogens with one attached hydrogen (secondary N) is 2. The SMILES string of the molecule is CC(=O)c1cccc(NC(=O)C(=O)Nc2ccc(C)cc2C)c1. The first-order valence-corrected chi connectivity index (χ1v) is 7.17. The Hall–Kier alpha value is -2.95. The van der Waals surface area contributed by atoms with Crippen LogP contribution in [-0.4, -0.2) is 17.6 Å². The van der Waals surface area contributed by atoms with E-state index in [0.717, 1.165) is 11.1 Å². The fourth-order valence-electron chi connectivity index (χ4n) is 2.14. The second-order valence-corrected chi connectivity index (χ2v) is 5.36. The van der Waals surface area contributed by atoms with Gasteiger partial charge in [0.25, 0.3) is 0 Å². The van der Waals surface area contributed by atoms with Gasteiger partial charge in [-0.2, -0.15) is 0 Å². The molecule has 2 aromatic rings. The zero-order valence-corrected chi connectivity index (χ0v) is 13.3. The van der Waals surface area contributed by atoms with Crippen LogP contribution in [0.15, 0.2) is 42.5 Å². The van der Waals surface area contributed by atoms with Crippen molar-refractivity contribution in [2.24, 2.45) is 0 Å². The summed E-state index contributed by atoms with van der Waals surface area (Å²) in [5, 5.41) is 5.06. The predicted octanol–water partition coefficient (Wildman–Crippen LogP) is 3.08. The molecule has 0 fully saturated rings. The molecule has 0 spiro atoms. The van der Waals surface area contributed by atoms with Gasteiger partial charge in [0, 0.05) is 16.9 Å². The Morgan fingerprint density at radius 3 is 2.22 bits per heavy atom. The molecule has 0 atom stereocenters. The first-order valence-electron chi connectivity index (χ1n) is 7.17. The van der Waals surface area contributed by atoms with Crippen LogP contribution in [0.1, 0.15) is 28.4 Å². The van der Waals surface area contributed by atoms with Gasteiger partial charge in [-0.25, -0.2) is 0 Å². The highest BCUT2D eigenvalue weighted by Gasteiger charge is 2.15. The molecule has 5 heteroatoms. The lowest BCUT2D eigenvalue weighted by Gasteiger charge is -2.10. The number of hydrogen-bond acceptors (Lipinski definition) is 3. The second kappa shape index (κ2) is 6.87. The molecule has 0 radical (unpaired) electrons. The van der Waals surface area contributed by atoms with Crippen molar-refractivity contribution in [1.29, 1.82) is 0 Å². The third-order valence-corrected chi connectivity index (χ3v) is 3.36. The van der Waals surface area contributed by atoms with Gasteiger partial charge in [-0.1, -0.05) is 29.8 Å². The largest absolute Gasteiger partial charge is 0.318 e. The Morgan fingerprint density at radius 1 is 0.870 bits per heavy atom. The van der Waals surface area contributed by atoms with Crippen molar-refractivity contribution in [2.75, 3.05) is 10.6 Å². The molecule has 0 aliphatic carbocycles. The zero-order valence-electron chi connectivity index (χ0n) is 13.3. The van der Waals surface area contributed by atoms with E-state index >= 15 is 0 Å². The van der Waals surface area contributed by atoms with E-state index in [1.807, 2.05) is 26.0 Å². The average molecular weight is 310 g/mol. The Labute approximate surface area is 134 Å². The van der Waals surface area contributed by atoms with E-state index in [2.05, 4.69) is 10.6 Å². The maximum atomic E-state index is 12.0. The van der Waals surface area contributed by atoms with Gasteiger partial charge in [0.05, 0.1) is 0 Å². The van der Waals surface area contributed by atoms with Crippen LogP contribution < -0.4 is 10.6 Å². The molecule has 118 valence electrons. The Kier molecular flexibility index (Phi) is 4.91. The summed E-state index contributed by atoms with van der Waals surface area (Å²) in [4.78, 5) is 35.3. The maximum Gasteiger partial charge on any atom is 0.314 e. The van der Waals surface area contributed by atoms with E-state index in [0.29, 0.717) is 16.9 Å². The van der Waals surface area contributed by atoms with E-state index in [-0.39, 0.29) is 5.78 Å². The van der Waals surface area contributed by atoms with Crippen LogP contribution in [0.2, 0.25) is 0 Å². The number of amides is 2. The molecule has 0 aliphatic heterocycles. The van der Waals surface area contributed by atoms with Gasteiger partial charge < -0.3 is 10.6 Å². The number of carbonyl (C=O) groups is 3. The highest BCUT2D eigenvalue weighted by atomic mass is 16.2. The first-order chi connectivity index (χ1) is 10.9. The van der Waals surface area contributed by atoms with E-state index < -0.39 is 11.8 Å². The maximum absolute atomic E-state index is 12.0. The molecule has 0 heterocycles.